The maximum absolute atomic E-state index is 11.8. The van der Waals surface area contributed by atoms with Crippen LogP contribution in [0.2, 0.25) is 0 Å². The minimum Gasteiger partial charge on any atom is -0.350 e. The van der Waals surface area contributed by atoms with Crippen molar-refractivity contribution < 1.29 is 4.79 Å². The zero-order chi connectivity index (χ0) is 14.5. The Labute approximate surface area is 125 Å². The van der Waals surface area contributed by atoms with Crippen LogP contribution < -0.4 is 11.0 Å². The van der Waals surface area contributed by atoms with E-state index in [-0.39, 0.29) is 17.6 Å². The van der Waals surface area contributed by atoms with Crippen LogP contribution >= 0.6 is 15.9 Å². The van der Waals surface area contributed by atoms with Gasteiger partial charge in [-0.15, -0.1) is 0 Å². The number of hydrogen-bond donors (Lipinski definition) is 3. The summed E-state index contributed by atoms with van der Waals surface area (Å²) in [7, 11) is 0. The van der Waals surface area contributed by atoms with Crippen molar-refractivity contribution in [1.29, 1.82) is 0 Å². The topological polar surface area (TPSA) is 77.8 Å². The fourth-order valence-corrected chi connectivity index (χ4v) is 2.49. The Hall–Kier alpha value is -1.56. The van der Waals surface area contributed by atoms with E-state index in [4.69, 9.17) is 0 Å². The van der Waals surface area contributed by atoms with Gasteiger partial charge < -0.3 is 15.3 Å². The van der Waals surface area contributed by atoms with E-state index < -0.39 is 0 Å². The lowest BCUT2D eigenvalue weighted by molar-refractivity contribution is -0.121. The molecule has 1 unspecified atom stereocenters. The van der Waals surface area contributed by atoms with Crippen LogP contribution in [-0.2, 0) is 4.79 Å². The fraction of sp³-hybridized carbons (Fsp3) is 0.429. The summed E-state index contributed by atoms with van der Waals surface area (Å²) in [5.41, 5.74) is 2.28. The molecule has 2 rings (SSSR count). The van der Waals surface area contributed by atoms with Gasteiger partial charge in [0.25, 0.3) is 0 Å². The van der Waals surface area contributed by atoms with Crippen molar-refractivity contribution in [3.63, 3.8) is 0 Å². The Morgan fingerprint density at radius 3 is 2.80 bits per heavy atom. The van der Waals surface area contributed by atoms with Crippen LogP contribution in [-0.4, -0.2) is 21.2 Å². The molecule has 20 heavy (non-hydrogen) atoms. The molecule has 1 atom stereocenters. The molecular formula is C14H18BrN3O2. The third-order valence-corrected chi connectivity index (χ3v) is 3.77. The number of alkyl halides is 1. The van der Waals surface area contributed by atoms with Crippen LogP contribution in [0.25, 0.3) is 11.0 Å². The number of aromatic nitrogens is 2. The number of amides is 1. The minimum atomic E-state index is -0.219. The first-order valence-electron chi connectivity index (χ1n) is 6.67. The van der Waals surface area contributed by atoms with Gasteiger partial charge in [0.15, 0.2) is 0 Å². The van der Waals surface area contributed by atoms with Gasteiger partial charge in [0, 0.05) is 11.8 Å². The van der Waals surface area contributed by atoms with E-state index in [0.717, 1.165) is 34.8 Å². The third kappa shape index (κ3) is 3.72. The summed E-state index contributed by atoms with van der Waals surface area (Å²) < 4.78 is 0. The average molecular weight is 340 g/mol. The number of carbonyl (C=O) groups excluding carboxylic acids is 1. The van der Waals surface area contributed by atoms with Gasteiger partial charge in [0.05, 0.1) is 17.1 Å². The molecule has 1 amide bonds. The summed E-state index contributed by atoms with van der Waals surface area (Å²) in [4.78, 5) is 28.4. The highest BCUT2D eigenvalue weighted by molar-refractivity contribution is 9.09. The number of rotatable bonds is 6. The van der Waals surface area contributed by atoms with E-state index in [1.807, 2.05) is 25.1 Å². The van der Waals surface area contributed by atoms with Crippen molar-refractivity contribution >= 4 is 32.9 Å². The van der Waals surface area contributed by atoms with Gasteiger partial charge in [-0.25, -0.2) is 4.79 Å². The lowest BCUT2D eigenvalue weighted by atomic mass is 10.1. The van der Waals surface area contributed by atoms with Gasteiger partial charge in [-0.2, -0.15) is 0 Å². The molecule has 0 saturated carbocycles. The smallest absolute Gasteiger partial charge is 0.323 e. The molecule has 3 N–H and O–H groups in total. The highest BCUT2D eigenvalue weighted by atomic mass is 79.9. The maximum atomic E-state index is 11.8. The molecule has 0 aliphatic carbocycles. The molecule has 0 radical (unpaired) electrons. The zero-order valence-corrected chi connectivity index (χ0v) is 12.9. The molecule has 0 aliphatic rings. The number of halogens is 1. The Balaban J connectivity index is 2.01. The van der Waals surface area contributed by atoms with Crippen LogP contribution in [0.1, 0.15) is 37.8 Å². The van der Waals surface area contributed by atoms with E-state index in [9.17, 15) is 9.59 Å². The van der Waals surface area contributed by atoms with Crippen LogP contribution in [0.3, 0.4) is 0 Å². The molecule has 1 heterocycles. The monoisotopic (exact) mass is 339 g/mol. The molecule has 0 aliphatic heterocycles. The van der Waals surface area contributed by atoms with Gasteiger partial charge in [0.1, 0.15) is 0 Å². The Bertz CT molecular complexity index is 647. The van der Waals surface area contributed by atoms with E-state index in [2.05, 4.69) is 31.2 Å². The number of hydrogen-bond acceptors (Lipinski definition) is 2. The number of benzene rings is 1. The van der Waals surface area contributed by atoms with Crippen LogP contribution in [0.4, 0.5) is 0 Å². The van der Waals surface area contributed by atoms with Crippen molar-refractivity contribution in [2.24, 2.45) is 0 Å². The van der Waals surface area contributed by atoms with Crippen molar-refractivity contribution in [3.05, 3.63) is 34.2 Å². The summed E-state index contributed by atoms with van der Waals surface area (Å²) in [6.45, 7) is 1.94. The van der Waals surface area contributed by atoms with Crippen LogP contribution in [0.15, 0.2) is 23.0 Å². The summed E-state index contributed by atoms with van der Waals surface area (Å²) >= 11 is 3.35. The number of fused-ring (bicyclic) bond motifs is 1. The van der Waals surface area contributed by atoms with Crippen LogP contribution in [0.5, 0.6) is 0 Å². The van der Waals surface area contributed by atoms with Crippen LogP contribution in [0, 0.1) is 0 Å². The highest BCUT2D eigenvalue weighted by Crippen LogP contribution is 2.17. The molecule has 0 saturated heterocycles. The minimum absolute atomic E-state index is 0.0566. The van der Waals surface area contributed by atoms with Crippen molar-refractivity contribution in [2.75, 3.05) is 5.33 Å². The molecule has 1 aromatic carbocycles. The average Bonchev–Trinajstić information content (AvgIpc) is 2.77. The molecule has 5 nitrogen and oxygen atoms in total. The molecule has 108 valence electrons. The van der Waals surface area contributed by atoms with Gasteiger partial charge in [-0.1, -0.05) is 22.0 Å². The number of nitrogens with one attached hydrogen (secondary N) is 3. The molecule has 0 fully saturated rings. The second-order valence-corrected chi connectivity index (χ2v) is 5.61. The lowest BCUT2D eigenvalue weighted by Gasteiger charge is -2.14. The molecule has 6 heteroatoms. The van der Waals surface area contributed by atoms with E-state index >= 15 is 0 Å². The van der Waals surface area contributed by atoms with E-state index in [1.165, 1.54) is 0 Å². The summed E-state index contributed by atoms with van der Waals surface area (Å²) in [5.74, 6) is 0.0566. The van der Waals surface area contributed by atoms with E-state index in [1.54, 1.807) is 0 Å². The number of aromatic amines is 2. The normalized spacial score (nSPS) is 12.5. The van der Waals surface area contributed by atoms with Gasteiger partial charge in [-0.05, 0) is 37.5 Å². The quantitative estimate of drug-likeness (QED) is 0.558. The second-order valence-electron chi connectivity index (χ2n) is 4.82. The third-order valence-electron chi connectivity index (χ3n) is 3.20. The molecule has 0 spiro atoms. The summed E-state index contributed by atoms with van der Waals surface area (Å²) in [5, 5.41) is 3.89. The Morgan fingerprint density at radius 2 is 2.05 bits per heavy atom. The Morgan fingerprint density at radius 1 is 1.30 bits per heavy atom. The largest absolute Gasteiger partial charge is 0.350 e. The maximum Gasteiger partial charge on any atom is 0.323 e. The number of carbonyl (C=O) groups is 1. The highest BCUT2D eigenvalue weighted by Gasteiger charge is 2.10. The Kier molecular flexibility index (Phi) is 5.00. The number of imidazole rings is 1. The summed E-state index contributed by atoms with van der Waals surface area (Å²) in [6.07, 6.45) is 2.42. The predicted molar refractivity (Wildman–Crippen MR) is 83.1 cm³/mol. The van der Waals surface area contributed by atoms with Crippen molar-refractivity contribution in [2.45, 2.75) is 32.2 Å². The predicted octanol–water partition coefficient (Wildman–Crippen LogP) is 2.60. The lowest BCUT2D eigenvalue weighted by Crippen LogP contribution is -2.26. The van der Waals surface area contributed by atoms with Crippen molar-refractivity contribution in [1.82, 2.24) is 15.3 Å². The van der Waals surface area contributed by atoms with E-state index in [0.29, 0.717) is 6.42 Å². The van der Waals surface area contributed by atoms with Gasteiger partial charge in [0.2, 0.25) is 5.91 Å². The molecule has 2 aromatic rings. The van der Waals surface area contributed by atoms with Crippen molar-refractivity contribution in [3.8, 4) is 0 Å². The SMILES string of the molecule is CC(NC(=O)CCCCBr)c1ccc2[nH]c(=O)[nH]c2c1. The first-order chi connectivity index (χ1) is 9.60. The first kappa shape index (κ1) is 14.8. The molecule has 0 bridgehead atoms. The second kappa shape index (κ2) is 6.74. The summed E-state index contributed by atoms with van der Waals surface area (Å²) in [6, 6.07) is 5.57. The molecular weight excluding hydrogens is 322 g/mol. The fourth-order valence-electron chi connectivity index (χ4n) is 2.10. The first-order valence-corrected chi connectivity index (χ1v) is 7.79. The zero-order valence-electron chi connectivity index (χ0n) is 11.3. The molecule has 1 aromatic heterocycles. The van der Waals surface area contributed by atoms with Gasteiger partial charge in [-0.3, -0.25) is 4.79 Å². The standard InChI is InChI=1S/C14H18BrN3O2/c1-9(16-13(19)4-2-3-7-15)10-5-6-11-12(8-10)18-14(20)17-11/h5-6,8-9H,2-4,7H2,1H3,(H,16,19)(H2,17,18,20). The number of unbranched alkanes of at least 4 members (excludes halogenated alkanes) is 1. The number of H-pyrrole nitrogens is 2. The van der Waals surface area contributed by atoms with Gasteiger partial charge >= 0.3 is 5.69 Å².